The number of rotatable bonds is 65. The van der Waals surface area contributed by atoms with E-state index in [9.17, 15) is 19.4 Å². The summed E-state index contributed by atoms with van der Waals surface area (Å²) in [5.41, 5.74) is 0. The summed E-state index contributed by atoms with van der Waals surface area (Å²) in [5.74, 6) is -0.184. The summed E-state index contributed by atoms with van der Waals surface area (Å²) < 4.78 is 23.8. The Morgan fingerprint density at radius 1 is 0.417 bits per heavy atom. The number of nitrogens with one attached hydrogen (secondary N) is 1. The van der Waals surface area contributed by atoms with Gasteiger partial charge in [-0.15, -0.1) is 0 Å². The molecule has 0 radical (unpaired) electrons. The van der Waals surface area contributed by atoms with E-state index in [1.165, 1.54) is 225 Å². The molecule has 0 saturated heterocycles. The Bertz CT molecular complexity index is 1690. The molecule has 0 saturated carbocycles. The standard InChI is InChI=1S/C75H137N2O6P/c1-6-8-10-12-14-16-18-20-22-24-26-28-30-31-32-33-34-35-36-37-38-39-40-41-42-43-44-45-47-49-51-53-55-57-59-61-63-65-67-69-75(79)76-73(72-83-84(80,81)82-71-70-77(3,4)5)74(78)68-66-64-62-60-58-56-54-52-50-48-46-29-27-25-23-21-19-17-15-13-11-9-7-2/h8,10,14,16,20,22,26,28,31-32,34-35,58,60,66,68,73-74,78H,6-7,9,11-13,15,17-19,21,23-25,27,29-30,33,36-57,59,61-65,67,69-72H2,1-5H3,(H-,76,79,80,81)/p+1/b10-8-,16-14-,22-20-,28-26-,32-31-,35-34-,60-58+,68-66+. The maximum atomic E-state index is 13.1. The molecule has 8 nitrogen and oxygen atoms in total. The highest BCUT2D eigenvalue weighted by Crippen LogP contribution is 2.43. The van der Waals surface area contributed by atoms with Crippen LogP contribution in [0.4, 0.5) is 0 Å². The molecule has 0 bridgehead atoms. The zero-order valence-electron chi connectivity index (χ0n) is 55.9. The van der Waals surface area contributed by atoms with Gasteiger partial charge in [-0.3, -0.25) is 13.8 Å². The molecule has 0 aromatic heterocycles. The molecule has 0 aliphatic heterocycles. The van der Waals surface area contributed by atoms with Crippen molar-refractivity contribution in [3.63, 3.8) is 0 Å². The van der Waals surface area contributed by atoms with E-state index in [4.69, 9.17) is 9.05 Å². The average molecular weight is 1190 g/mol. The number of aliphatic hydroxyl groups is 1. The van der Waals surface area contributed by atoms with E-state index < -0.39 is 20.0 Å². The molecule has 84 heavy (non-hydrogen) atoms. The molecule has 0 heterocycles. The minimum Gasteiger partial charge on any atom is -0.387 e. The highest BCUT2D eigenvalue weighted by molar-refractivity contribution is 7.47. The fourth-order valence-electron chi connectivity index (χ4n) is 10.3. The quantitative estimate of drug-likeness (QED) is 0.0243. The van der Waals surface area contributed by atoms with Gasteiger partial charge in [0.15, 0.2) is 0 Å². The first kappa shape index (κ1) is 81.4. The minimum atomic E-state index is -4.36. The lowest BCUT2D eigenvalue weighted by Crippen LogP contribution is -2.45. The van der Waals surface area contributed by atoms with Crippen molar-refractivity contribution in [2.45, 2.75) is 334 Å². The number of amides is 1. The van der Waals surface area contributed by atoms with E-state index in [0.29, 0.717) is 17.4 Å². The fourth-order valence-corrected chi connectivity index (χ4v) is 11.0. The second-order valence-corrected chi connectivity index (χ2v) is 26.7. The third-order valence-electron chi connectivity index (χ3n) is 15.8. The molecule has 0 aromatic carbocycles. The molecule has 0 rings (SSSR count). The Kier molecular flexibility index (Phi) is 62.9. The summed E-state index contributed by atoms with van der Waals surface area (Å²) in [7, 11) is 1.56. The first-order valence-electron chi connectivity index (χ1n) is 35.6. The van der Waals surface area contributed by atoms with Crippen molar-refractivity contribution < 1.29 is 32.9 Å². The topological polar surface area (TPSA) is 105 Å². The van der Waals surface area contributed by atoms with E-state index in [1.807, 2.05) is 27.2 Å². The van der Waals surface area contributed by atoms with Crippen LogP contribution >= 0.6 is 7.82 Å². The number of nitrogens with zero attached hydrogens (tertiary/aromatic N) is 1. The third kappa shape index (κ3) is 66.9. The lowest BCUT2D eigenvalue weighted by atomic mass is 10.0. The molecule has 0 aliphatic carbocycles. The van der Waals surface area contributed by atoms with Gasteiger partial charge in [-0.1, -0.05) is 329 Å². The molecular weight excluding hydrogens is 1060 g/mol. The minimum absolute atomic E-state index is 0.0549. The summed E-state index contributed by atoms with van der Waals surface area (Å²) in [5, 5.41) is 14.0. The van der Waals surface area contributed by atoms with Crippen LogP contribution in [0.15, 0.2) is 97.2 Å². The summed E-state index contributed by atoms with van der Waals surface area (Å²) in [6.07, 6.45) is 94.2. The van der Waals surface area contributed by atoms with Gasteiger partial charge in [-0.2, -0.15) is 0 Å². The molecule has 0 aliphatic rings. The first-order valence-corrected chi connectivity index (χ1v) is 37.1. The van der Waals surface area contributed by atoms with Crippen molar-refractivity contribution in [3.05, 3.63) is 97.2 Å². The fraction of sp³-hybridized carbons (Fsp3) is 0.773. The zero-order chi connectivity index (χ0) is 61.2. The molecule has 0 aromatic rings. The Hall–Kier alpha value is -2.58. The van der Waals surface area contributed by atoms with Gasteiger partial charge < -0.3 is 19.8 Å². The smallest absolute Gasteiger partial charge is 0.387 e. The van der Waals surface area contributed by atoms with Crippen LogP contribution in [0, 0.1) is 0 Å². The molecule has 0 fully saturated rings. The van der Waals surface area contributed by atoms with Gasteiger partial charge in [-0.05, 0) is 83.5 Å². The maximum absolute atomic E-state index is 13.1. The molecule has 3 unspecified atom stereocenters. The zero-order valence-corrected chi connectivity index (χ0v) is 56.8. The summed E-state index contributed by atoms with van der Waals surface area (Å²) in [6, 6.07) is -0.867. The van der Waals surface area contributed by atoms with E-state index in [-0.39, 0.29) is 19.1 Å². The molecule has 9 heteroatoms. The second kappa shape index (κ2) is 64.9. The summed E-state index contributed by atoms with van der Waals surface area (Å²) >= 11 is 0. The van der Waals surface area contributed by atoms with Crippen LogP contribution in [0.25, 0.3) is 0 Å². The summed E-state index contributed by atoms with van der Waals surface area (Å²) in [4.78, 5) is 23.4. The third-order valence-corrected chi connectivity index (χ3v) is 16.8. The Balaban J connectivity index is 4.03. The van der Waals surface area contributed by atoms with E-state index in [0.717, 1.165) is 77.0 Å². The van der Waals surface area contributed by atoms with Gasteiger partial charge >= 0.3 is 7.82 Å². The number of hydrogen-bond donors (Lipinski definition) is 3. The van der Waals surface area contributed by atoms with Crippen LogP contribution in [0.5, 0.6) is 0 Å². The SMILES string of the molecule is CC/C=C\C/C=C\C/C=C\C/C=C\C/C=C\C/C=C\CCCCCCCCCCCCCCCCCCCCCCC(=O)NC(COP(=O)(O)OCC[N+](C)(C)C)C(O)/C=C/CC/C=C/CCCCCCCCCCCCCCCCCCC. The monoisotopic (exact) mass is 1190 g/mol. The van der Waals surface area contributed by atoms with Crippen LogP contribution < -0.4 is 5.32 Å². The Morgan fingerprint density at radius 2 is 0.726 bits per heavy atom. The molecule has 0 spiro atoms. The molecule has 1 amide bonds. The van der Waals surface area contributed by atoms with Gasteiger partial charge in [0.1, 0.15) is 13.2 Å². The van der Waals surface area contributed by atoms with Crippen molar-refractivity contribution in [1.29, 1.82) is 0 Å². The van der Waals surface area contributed by atoms with Gasteiger partial charge in [0.05, 0.1) is 39.9 Å². The van der Waals surface area contributed by atoms with Crippen molar-refractivity contribution in [3.8, 4) is 0 Å². The van der Waals surface area contributed by atoms with E-state index in [2.05, 4.69) is 104 Å². The number of aliphatic hydroxyl groups excluding tert-OH is 1. The average Bonchev–Trinajstić information content (AvgIpc) is 3.56. The first-order chi connectivity index (χ1) is 41.0. The Labute approximate surface area is 521 Å². The number of quaternary nitrogens is 1. The number of allylic oxidation sites excluding steroid dienone is 15. The van der Waals surface area contributed by atoms with E-state index in [1.54, 1.807) is 6.08 Å². The van der Waals surface area contributed by atoms with Crippen LogP contribution in [0.1, 0.15) is 322 Å². The molecule has 3 N–H and O–H groups in total. The number of phosphoric ester groups is 1. The van der Waals surface area contributed by atoms with Crippen molar-refractivity contribution >= 4 is 13.7 Å². The summed E-state index contributed by atoms with van der Waals surface area (Å²) in [6.45, 7) is 4.71. The number of hydrogen-bond acceptors (Lipinski definition) is 5. The van der Waals surface area contributed by atoms with Crippen LogP contribution in [-0.2, 0) is 18.4 Å². The van der Waals surface area contributed by atoms with Crippen LogP contribution in [0.3, 0.4) is 0 Å². The van der Waals surface area contributed by atoms with Crippen LogP contribution in [0.2, 0.25) is 0 Å². The second-order valence-electron chi connectivity index (χ2n) is 25.2. The highest BCUT2D eigenvalue weighted by Gasteiger charge is 2.28. The number of phosphoric acid groups is 1. The molecule has 3 atom stereocenters. The lowest BCUT2D eigenvalue weighted by molar-refractivity contribution is -0.870. The predicted octanol–water partition coefficient (Wildman–Crippen LogP) is 22.9. The van der Waals surface area contributed by atoms with Gasteiger partial charge in [0.2, 0.25) is 5.91 Å². The van der Waals surface area contributed by atoms with Gasteiger partial charge in [0, 0.05) is 6.42 Å². The number of likely N-dealkylation sites (N-methyl/N-ethyl adjacent to an activating group) is 1. The van der Waals surface area contributed by atoms with Crippen molar-refractivity contribution in [2.24, 2.45) is 0 Å². The van der Waals surface area contributed by atoms with Crippen molar-refractivity contribution in [2.75, 3.05) is 40.9 Å². The number of carbonyl (C=O) groups is 1. The van der Waals surface area contributed by atoms with Gasteiger partial charge in [0.25, 0.3) is 0 Å². The predicted molar refractivity (Wildman–Crippen MR) is 369 cm³/mol. The normalized spacial score (nSPS) is 14.2. The lowest BCUT2D eigenvalue weighted by Gasteiger charge is -2.25. The number of unbranched alkanes of at least 4 members (excludes halogenated alkanes) is 38. The maximum Gasteiger partial charge on any atom is 0.472 e. The van der Waals surface area contributed by atoms with E-state index >= 15 is 0 Å². The largest absolute Gasteiger partial charge is 0.472 e. The van der Waals surface area contributed by atoms with Crippen LogP contribution in [-0.4, -0.2) is 73.4 Å². The van der Waals surface area contributed by atoms with Gasteiger partial charge in [-0.25, -0.2) is 4.57 Å². The Morgan fingerprint density at radius 3 is 1.10 bits per heavy atom. The molecule has 488 valence electrons. The van der Waals surface area contributed by atoms with Crippen molar-refractivity contribution in [1.82, 2.24) is 5.32 Å². The highest BCUT2D eigenvalue weighted by atomic mass is 31.2. The number of carbonyl (C=O) groups excluding carboxylic acids is 1. The molecular formula is C75H138N2O6P+.